The molecule has 0 aliphatic carbocycles. The molecule has 82 valence electrons. The summed E-state index contributed by atoms with van der Waals surface area (Å²) in [5, 5.41) is 0. The number of ether oxygens (including phenoxy) is 1. The van der Waals surface area contributed by atoms with Crippen LogP contribution in [-0.4, -0.2) is 12.1 Å². The van der Waals surface area contributed by atoms with Crippen LogP contribution in [0, 0.1) is 5.92 Å². The van der Waals surface area contributed by atoms with Crippen molar-refractivity contribution >= 4 is 5.97 Å². The third kappa shape index (κ3) is 3.69. The Balaban J connectivity index is 2.04. The van der Waals surface area contributed by atoms with Gasteiger partial charge in [-0.05, 0) is 19.8 Å². The van der Waals surface area contributed by atoms with Crippen molar-refractivity contribution in [3.8, 4) is 0 Å². The molecule has 2 nitrogen and oxygen atoms in total. The molecule has 14 heavy (non-hydrogen) atoms. The monoisotopic (exact) mass is 198 g/mol. The third-order valence-corrected chi connectivity index (χ3v) is 2.92. The Morgan fingerprint density at radius 3 is 2.57 bits per heavy atom. The first-order valence-electron chi connectivity index (χ1n) is 5.94. The Kier molecular flexibility index (Phi) is 4.99. The second kappa shape index (κ2) is 6.05. The SMILES string of the molecule is CCCCCCC[C@H]1C[C@@H](C)OC1=O. The summed E-state index contributed by atoms with van der Waals surface area (Å²) in [6, 6.07) is 0. The van der Waals surface area contributed by atoms with E-state index in [-0.39, 0.29) is 18.0 Å². The molecular weight excluding hydrogens is 176 g/mol. The van der Waals surface area contributed by atoms with E-state index in [2.05, 4.69) is 6.92 Å². The summed E-state index contributed by atoms with van der Waals surface area (Å²) in [6.45, 7) is 4.20. The summed E-state index contributed by atoms with van der Waals surface area (Å²) in [4.78, 5) is 11.3. The number of esters is 1. The third-order valence-electron chi connectivity index (χ3n) is 2.92. The fraction of sp³-hybridized carbons (Fsp3) is 0.917. The molecule has 0 aromatic carbocycles. The Hall–Kier alpha value is -0.530. The minimum atomic E-state index is 0.0352. The first-order valence-corrected chi connectivity index (χ1v) is 5.94. The standard InChI is InChI=1S/C12H22O2/c1-3-4-5-6-7-8-11-9-10(2)14-12(11)13/h10-11H,3-9H2,1-2H3/t10-,11+/m1/s1. The molecule has 1 aliphatic rings. The smallest absolute Gasteiger partial charge is 0.309 e. The molecule has 0 unspecified atom stereocenters. The molecule has 0 N–H and O–H groups in total. The fourth-order valence-electron chi connectivity index (χ4n) is 2.07. The van der Waals surface area contributed by atoms with Crippen LogP contribution in [0.4, 0.5) is 0 Å². The second-order valence-electron chi connectivity index (χ2n) is 4.38. The van der Waals surface area contributed by atoms with Crippen molar-refractivity contribution in [3.63, 3.8) is 0 Å². The Morgan fingerprint density at radius 1 is 1.29 bits per heavy atom. The number of cyclic esters (lactones) is 1. The lowest BCUT2D eigenvalue weighted by molar-refractivity contribution is -0.143. The Labute approximate surface area is 87.0 Å². The highest BCUT2D eigenvalue weighted by Crippen LogP contribution is 2.25. The van der Waals surface area contributed by atoms with Crippen LogP contribution in [0.3, 0.4) is 0 Å². The van der Waals surface area contributed by atoms with E-state index in [1.165, 1.54) is 32.1 Å². The first-order chi connectivity index (χ1) is 6.74. The number of carbonyl (C=O) groups is 1. The van der Waals surface area contributed by atoms with E-state index in [0.29, 0.717) is 0 Å². The van der Waals surface area contributed by atoms with Gasteiger partial charge in [-0.3, -0.25) is 4.79 Å². The highest BCUT2D eigenvalue weighted by Gasteiger charge is 2.30. The van der Waals surface area contributed by atoms with E-state index in [9.17, 15) is 4.79 Å². The van der Waals surface area contributed by atoms with Crippen molar-refractivity contribution in [3.05, 3.63) is 0 Å². The van der Waals surface area contributed by atoms with Gasteiger partial charge in [-0.15, -0.1) is 0 Å². The molecule has 1 heterocycles. The number of unbranched alkanes of at least 4 members (excludes halogenated alkanes) is 4. The van der Waals surface area contributed by atoms with E-state index < -0.39 is 0 Å². The van der Waals surface area contributed by atoms with Crippen LogP contribution in [0.2, 0.25) is 0 Å². The van der Waals surface area contributed by atoms with Gasteiger partial charge in [0.2, 0.25) is 0 Å². The van der Waals surface area contributed by atoms with Gasteiger partial charge in [0.05, 0.1) is 12.0 Å². The summed E-state index contributed by atoms with van der Waals surface area (Å²) < 4.78 is 5.11. The maximum absolute atomic E-state index is 11.3. The molecule has 0 amide bonds. The fourth-order valence-corrected chi connectivity index (χ4v) is 2.07. The van der Waals surface area contributed by atoms with Crippen LogP contribution in [-0.2, 0) is 9.53 Å². The summed E-state index contributed by atoms with van der Waals surface area (Å²) in [6.07, 6.45) is 8.50. The van der Waals surface area contributed by atoms with Gasteiger partial charge in [0.25, 0.3) is 0 Å². The van der Waals surface area contributed by atoms with Crippen LogP contribution in [0.25, 0.3) is 0 Å². The van der Waals surface area contributed by atoms with E-state index in [4.69, 9.17) is 4.74 Å². The molecule has 1 aliphatic heterocycles. The maximum Gasteiger partial charge on any atom is 0.309 e. The molecule has 0 saturated carbocycles. The van der Waals surface area contributed by atoms with Crippen molar-refractivity contribution in [1.82, 2.24) is 0 Å². The average molecular weight is 198 g/mol. The lowest BCUT2D eigenvalue weighted by Crippen LogP contribution is -2.07. The van der Waals surface area contributed by atoms with E-state index in [1.54, 1.807) is 0 Å². The Bertz CT molecular complexity index is 177. The van der Waals surface area contributed by atoms with Gasteiger partial charge < -0.3 is 4.74 Å². The van der Waals surface area contributed by atoms with Gasteiger partial charge >= 0.3 is 5.97 Å². The topological polar surface area (TPSA) is 26.3 Å². The Morgan fingerprint density at radius 2 is 2.00 bits per heavy atom. The molecule has 1 fully saturated rings. The quantitative estimate of drug-likeness (QED) is 0.483. The molecule has 0 radical (unpaired) electrons. The molecule has 1 saturated heterocycles. The van der Waals surface area contributed by atoms with Gasteiger partial charge in [0.1, 0.15) is 0 Å². The summed E-state index contributed by atoms with van der Waals surface area (Å²) in [7, 11) is 0. The van der Waals surface area contributed by atoms with E-state index in [0.717, 1.165) is 12.8 Å². The van der Waals surface area contributed by atoms with Crippen molar-refractivity contribution < 1.29 is 9.53 Å². The van der Waals surface area contributed by atoms with Gasteiger partial charge in [-0.2, -0.15) is 0 Å². The number of carbonyl (C=O) groups excluding carboxylic acids is 1. The number of hydrogen-bond acceptors (Lipinski definition) is 2. The molecule has 0 aromatic rings. The highest BCUT2D eigenvalue weighted by atomic mass is 16.5. The van der Waals surface area contributed by atoms with Crippen LogP contribution < -0.4 is 0 Å². The minimum absolute atomic E-state index is 0.0352. The van der Waals surface area contributed by atoms with Crippen LogP contribution in [0.5, 0.6) is 0 Å². The minimum Gasteiger partial charge on any atom is -0.462 e. The summed E-state index contributed by atoms with van der Waals surface area (Å²) >= 11 is 0. The summed E-state index contributed by atoms with van der Waals surface area (Å²) in [5.74, 6) is 0.236. The average Bonchev–Trinajstić information content (AvgIpc) is 2.45. The summed E-state index contributed by atoms with van der Waals surface area (Å²) in [5.41, 5.74) is 0. The molecule has 0 bridgehead atoms. The van der Waals surface area contributed by atoms with Crippen LogP contribution in [0.15, 0.2) is 0 Å². The van der Waals surface area contributed by atoms with Crippen molar-refractivity contribution in [2.45, 2.75) is 64.9 Å². The number of rotatable bonds is 6. The number of hydrogen-bond donors (Lipinski definition) is 0. The molecule has 2 heteroatoms. The molecule has 2 atom stereocenters. The molecule has 1 rings (SSSR count). The zero-order chi connectivity index (χ0) is 10.4. The predicted molar refractivity (Wildman–Crippen MR) is 57.0 cm³/mol. The van der Waals surface area contributed by atoms with Gasteiger partial charge in [0.15, 0.2) is 0 Å². The van der Waals surface area contributed by atoms with Gasteiger partial charge in [-0.1, -0.05) is 39.0 Å². The molecular formula is C12H22O2. The van der Waals surface area contributed by atoms with Crippen molar-refractivity contribution in [1.29, 1.82) is 0 Å². The predicted octanol–water partition coefficient (Wildman–Crippen LogP) is 3.30. The first kappa shape index (κ1) is 11.5. The lowest BCUT2D eigenvalue weighted by Gasteiger charge is -2.04. The van der Waals surface area contributed by atoms with Gasteiger partial charge in [-0.25, -0.2) is 0 Å². The van der Waals surface area contributed by atoms with Gasteiger partial charge in [0, 0.05) is 0 Å². The molecule has 0 spiro atoms. The largest absolute Gasteiger partial charge is 0.462 e. The van der Waals surface area contributed by atoms with Crippen molar-refractivity contribution in [2.24, 2.45) is 5.92 Å². The maximum atomic E-state index is 11.3. The zero-order valence-electron chi connectivity index (χ0n) is 9.42. The van der Waals surface area contributed by atoms with E-state index >= 15 is 0 Å². The lowest BCUT2D eigenvalue weighted by atomic mass is 9.97. The zero-order valence-corrected chi connectivity index (χ0v) is 9.42. The van der Waals surface area contributed by atoms with Crippen molar-refractivity contribution in [2.75, 3.05) is 0 Å². The normalized spacial score (nSPS) is 26.6. The van der Waals surface area contributed by atoms with E-state index in [1.807, 2.05) is 6.92 Å². The second-order valence-corrected chi connectivity index (χ2v) is 4.38. The van der Waals surface area contributed by atoms with Crippen LogP contribution >= 0.6 is 0 Å². The highest BCUT2D eigenvalue weighted by molar-refractivity contribution is 5.74. The molecule has 0 aromatic heterocycles. The van der Waals surface area contributed by atoms with Crippen LogP contribution in [0.1, 0.15) is 58.8 Å².